The molecule has 3 nitrogen and oxygen atoms in total. The van der Waals surface area contributed by atoms with E-state index in [1.165, 1.54) is 0 Å². The van der Waals surface area contributed by atoms with Gasteiger partial charge in [-0.3, -0.25) is 0 Å². The van der Waals surface area contributed by atoms with E-state index in [0.717, 1.165) is 28.9 Å². The SMILES string of the molecule is CNCCC(C)Sc1ccc2cnc(Cl)cc2n1. The topological polar surface area (TPSA) is 37.8 Å². The molecule has 1 atom stereocenters. The summed E-state index contributed by atoms with van der Waals surface area (Å²) in [6.07, 6.45) is 2.88. The molecular weight excluding hydrogens is 266 g/mol. The van der Waals surface area contributed by atoms with Crippen molar-refractivity contribution in [3.8, 4) is 0 Å². The number of pyridine rings is 2. The lowest BCUT2D eigenvalue weighted by atomic mass is 10.3. The summed E-state index contributed by atoms with van der Waals surface area (Å²) < 4.78 is 0. The van der Waals surface area contributed by atoms with Gasteiger partial charge in [0.2, 0.25) is 0 Å². The molecule has 0 fully saturated rings. The summed E-state index contributed by atoms with van der Waals surface area (Å²) in [6.45, 7) is 3.24. The minimum atomic E-state index is 0.486. The van der Waals surface area contributed by atoms with Gasteiger partial charge in [-0.25, -0.2) is 9.97 Å². The van der Waals surface area contributed by atoms with Crippen LogP contribution in [0, 0.1) is 0 Å². The number of fused-ring (bicyclic) bond motifs is 1. The Morgan fingerprint density at radius 1 is 1.44 bits per heavy atom. The van der Waals surface area contributed by atoms with E-state index in [1.807, 2.05) is 19.2 Å². The molecule has 2 rings (SSSR count). The summed E-state index contributed by atoms with van der Waals surface area (Å²) in [5.41, 5.74) is 0.904. The van der Waals surface area contributed by atoms with Crippen LogP contribution in [0.25, 0.3) is 10.9 Å². The average molecular weight is 282 g/mol. The fourth-order valence-electron chi connectivity index (χ4n) is 1.65. The Morgan fingerprint density at radius 2 is 2.28 bits per heavy atom. The van der Waals surface area contributed by atoms with E-state index in [9.17, 15) is 0 Å². The normalized spacial score (nSPS) is 12.8. The minimum absolute atomic E-state index is 0.486. The van der Waals surface area contributed by atoms with Crippen molar-refractivity contribution in [1.29, 1.82) is 0 Å². The van der Waals surface area contributed by atoms with Gasteiger partial charge in [-0.15, -0.1) is 11.8 Å². The first-order valence-corrected chi connectivity index (χ1v) is 7.18. The molecule has 18 heavy (non-hydrogen) atoms. The monoisotopic (exact) mass is 281 g/mol. The molecule has 1 N–H and O–H groups in total. The Labute approximate surface area is 116 Å². The summed E-state index contributed by atoms with van der Waals surface area (Å²) in [4.78, 5) is 8.65. The molecule has 0 aromatic carbocycles. The van der Waals surface area contributed by atoms with E-state index in [0.29, 0.717) is 10.4 Å². The molecule has 2 heterocycles. The number of aromatic nitrogens is 2. The number of hydrogen-bond acceptors (Lipinski definition) is 4. The highest BCUT2D eigenvalue weighted by Crippen LogP contribution is 2.25. The molecule has 1 unspecified atom stereocenters. The number of hydrogen-bond donors (Lipinski definition) is 1. The van der Waals surface area contributed by atoms with E-state index in [1.54, 1.807) is 24.0 Å². The lowest BCUT2D eigenvalue weighted by molar-refractivity contribution is 0.720. The van der Waals surface area contributed by atoms with E-state index in [4.69, 9.17) is 11.6 Å². The summed E-state index contributed by atoms with van der Waals surface area (Å²) in [5.74, 6) is 0. The Balaban J connectivity index is 2.14. The maximum atomic E-state index is 5.88. The lowest BCUT2D eigenvalue weighted by Gasteiger charge is -2.10. The van der Waals surface area contributed by atoms with Crippen LogP contribution in [-0.4, -0.2) is 28.8 Å². The number of nitrogens with one attached hydrogen (secondary N) is 1. The zero-order valence-electron chi connectivity index (χ0n) is 10.5. The summed E-state index contributed by atoms with van der Waals surface area (Å²) >= 11 is 7.67. The van der Waals surface area contributed by atoms with Crippen LogP contribution in [0.15, 0.2) is 29.4 Å². The molecule has 0 amide bonds. The highest BCUT2D eigenvalue weighted by molar-refractivity contribution is 7.99. The molecule has 0 aliphatic heterocycles. The van der Waals surface area contributed by atoms with Crippen LogP contribution in [0.3, 0.4) is 0 Å². The summed E-state index contributed by atoms with van der Waals surface area (Å²) in [6, 6.07) is 5.89. The van der Waals surface area contributed by atoms with Gasteiger partial charge in [-0.2, -0.15) is 0 Å². The summed E-state index contributed by atoms with van der Waals surface area (Å²) in [5, 5.41) is 6.25. The highest BCUT2D eigenvalue weighted by Gasteiger charge is 2.06. The molecule has 2 aromatic heterocycles. The van der Waals surface area contributed by atoms with Crippen molar-refractivity contribution in [2.45, 2.75) is 23.6 Å². The molecule has 0 radical (unpaired) electrons. The first-order chi connectivity index (χ1) is 8.69. The maximum absolute atomic E-state index is 5.88. The standard InChI is InChI=1S/C13H16ClN3S/c1-9(5-6-15-2)18-13-4-3-10-8-16-12(14)7-11(10)17-13/h3-4,7-9,15H,5-6H2,1-2H3. The highest BCUT2D eigenvalue weighted by atomic mass is 35.5. The Morgan fingerprint density at radius 3 is 3.06 bits per heavy atom. The van der Waals surface area contributed by atoms with Crippen molar-refractivity contribution in [2.75, 3.05) is 13.6 Å². The van der Waals surface area contributed by atoms with Crippen LogP contribution >= 0.6 is 23.4 Å². The van der Waals surface area contributed by atoms with Crippen molar-refractivity contribution in [3.63, 3.8) is 0 Å². The van der Waals surface area contributed by atoms with Gasteiger partial charge in [0.1, 0.15) is 5.15 Å². The zero-order valence-corrected chi connectivity index (χ0v) is 12.1. The molecule has 0 bridgehead atoms. The van der Waals surface area contributed by atoms with Gasteiger partial charge in [0.05, 0.1) is 10.5 Å². The number of halogens is 1. The van der Waals surface area contributed by atoms with Gasteiger partial charge in [0.25, 0.3) is 0 Å². The van der Waals surface area contributed by atoms with Crippen molar-refractivity contribution in [2.24, 2.45) is 0 Å². The molecule has 0 saturated carbocycles. The molecule has 0 aliphatic rings. The van der Waals surface area contributed by atoms with Crippen LogP contribution in [0.2, 0.25) is 5.15 Å². The predicted octanol–water partition coefficient (Wildman–Crippen LogP) is 3.37. The lowest BCUT2D eigenvalue weighted by Crippen LogP contribution is -2.12. The van der Waals surface area contributed by atoms with Crippen LogP contribution in [0.4, 0.5) is 0 Å². The van der Waals surface area contributed by atoms with Gasteiger partial charge >= 0.3 is 0 Å². The van der Waals surface area contributed by atoms with E-state index < -0.39 is 0 Å². The minimum Gasteiger partial charge on any atom is -0.320 e. The molecule has 0 spiro atoms. The molecular formula is C13H16ClN3S. The molecule has 5 heteroatoms. The van der Waals surface area contributed by atoms with Crippen LogP contribution < -0.4 is 5.32 Å². The first-order valence-electron chi connectivity index (χ1n) is 5.92. The van der Waals surface area contributed by atoms with Gasteiger partial charge in [0, 0.05) is 22.9 Å². The second kappa shape index (κ2) is 6.36. The quantitative estimate of drug-likeness (QED) is 0.674. The third-order valence-electron chi connectivity index (χ3n) is 2.64. The maximum Gasteiger partial charge on any atom is 0.131 e. The van der Waals surface area contributed by atoms with Crippen molar-refractivity contribution >= 4 is 34.3 Å². The molecule has 96 valence electrons. The second-order valence-corrected chi connectivity index (χ2v) is 6.02. The second-order valence-electron chi connectivity index (χ2n) is 4.17. The van der Waals surface area contributed by atoms with Crippen molar-refractivity contribution < 1.29 is 0 Å². The van der Waals surface area contributed by atoms with Crippen molar-refractivity contribution in [1.82, 2.24) is 15.3 Å². The van der Waals surface area contributed by atoms with Gasteiger partial charge in [0.15, 0.2) is 0 Å². The van der Waals surface area contributed by atoms with Crippen LogP contribution in [0.1, 0.15) is 13.3 Å². The Kier molecular flexibility index (Phi) is 4.80. The van der Waals surface area contributed by atoms with Gasteiger partial charge in [-0.05, 0) is 32.1 Å². The Hall–Kier alpha value is -0.840. The number of rotatable bonds is 5. The summed E-state index contributed by atoms with van der Waals surface area (Å²) in [7, 11) is 1.97. The number of thioether (sulfide) groups is 1. The van der Waals surface area contributed by atoms with Gasteiger partial charge < -0.3 is 5.32 Å². The predicted molar refractivity (Wildman–Crippen MR) is 78.4 cm³/mol. The largest absolute Gasteiger partial charge is 0.320 e. The first kappa shape index (κ1) is 13.6. The third-order valence-corrected chi connectivity index (χ3v) is 3.95. The fraction of sp³-hybridized carbons (Fsp3) is 0.385. The van der Waals surface area contributed by atoms with Crippen LogP contribution in [0.5, 0.6) is 0 Å². The molecule has 2 aromatic rings. The fourth-order valence-corrected chi connectivity index (χ4v) is 2.75. The smallest absolute Gasteiger partial charge is 0.131 e. The third kappa shape index (κ3) is 3.57. The van der Waals surface area contributed by atoms with E-state index in [2.05, 4.69) is 22.2 Å². The zero-order chi connectivity index (χ0) is 13.0. The van der Waals surface area contributed by atoms with Crippen LogP contribution in [-0.2, 0) is 0 Å². The van der Waals surface area contributed by atoms with E-state index in [-0.39, 0.29) is 0 Å². The van der Waals surface area contributed by atoms with Gasteiger partial charge in [-0.1, -0.05) is 18.5 Å². The van der Waals surface area contributed by atoms with Crippen molar-refractivity contribution in [3.05, 3.63) is 29.5 Å². The molecule has 0 aliphatic carbocycles. The Bertz CT molecular complexity index is 533. The van der Waals surface area contributed by atoms with E-state index >= 15 is 0 Å². The average Bonchev–Trinajstić information content (AvgIpc) is 2.36. The number of nitrogens with zero attached hydrogens (tertiary/aromatic N) is 2. The molecule has 0 saturated heterocycles.